The zero-order chi connectivity index (χ0) is 16.7. The van der Waals surface area contributed by atoms with Crippen molar-refractivity contribution in [2.75, 3.05) is 12.3 Å². The van der Waals surface area contributed by atoms with E-state index < -0.39 is 11.7 Å². The van der Waals surface area contributed by atoms with Crippen LogP contribution < -0.4 is 5.32 Å². The van der Waals surface area contributed by atoms with Gasteiger partial charge in [0.2, 0.25) is 0 Å². The number of nitriles is 1. The highest BCUT2D eigenvalue weighted by Gasteiger charge is 2.11. The lowest BCUT2D eigenvalue weighted by molar-refractivity contribution is 0.0952. The van der Waals surface area contributed by atoms with Gasteiger partial charge in [-0.25, -0.2) is 4.39 Å². The van der Waals surface area contributed by atoms with Gasteiger partial charge in [-0.3, -0.25) is 4.79 Å². The highest BCUT2D eigenvalue weighted by atomic mass is 35.5. The number of halogens is 2. The minimum absolute atomic E-state index is 0.0580. The second kappa shape index (κ2) is 8.56. The Morgan fingerprint density at radius 3 is 2.87 bits per heavy atom. The summed E-state index contributed by atoms with van der Waals surface area (Å²) in [5.74, 6) is 0.268. The fourth-order valence-electron chi connectivity index (χ4n) is 1.94. The average molecular weight is 349 g/mol. The topological polar surface area (TPSA) is 52.9 Å². The van der Waals surface area contributed by atoms with Crippen molar-refractivity contribution in [3.8, 4) is 6.07 Å². The Balaban J connectivity index is 1.78. The number of rotatable bonds is 6. The molecular weight excluding hydrogens is 335 g/mol. The highest BCUT2D eigenvalue weighted by molar-refractivity contribution is 7.98. The summed E-state index contributed by atoms with van der Waals surface area (Å²) in [4.78, 5) is 11.9. The molecule has 118 valence electrons. The summed E-state index contributed by atoms with van der Waals surface area (Å²) in [6, 6.07) is 13.4. The van der Waals surface area contributed by atoms with E-state index in [2.05, 4.69) is 11.4 Å². The number of nitrogens with one attached hydrogen (secondary N) is 1. The number of carbonyl (C=O) groups is 1. The van der Waals surface area contributed by atoms with Crippen molar-refractivity contribution in [3.05, 3.63) is 70.0 Å². The van der Waals surface area contributed by atoms with Gasteiger partial charge in [-0.15, -0.1) is 0 Å². The Morgan fingerprint density at radius 1 is 1.30 bits per heavy atom. The van der Waals surface area contributed by atoms with Crippen LogP contribution in [-0.4, -0.2) is 18.2 Å². The molecule has 23 heavy (non-hydrogen) atoms. The van der Waals surface area contributed by atoms with Crippen molar-refractivity contribution in [2.45, 2.75) is 5.75 Å². The van der Waals surface area contributed by atoms with Crippen LogP contribution in [0.5, 0.6) is 0 Å². The van der Waals surface area contributed by atoms with Crippen molar-refractivity contribution >= 4 is 29.3 Å². The van der Waals surface area contributed by atoms with Crippen LogP contribution in [0.1, 0.15) is 21.5 Å². The first kappa shape index (κ1) is 17.3. The van der Waals surface area contributed by atoms with E-state index in [-0.39, 0.29) is 5.56 Å². The molecule has 0 saturated heterocycles. The van der Waals surface area contributed by atoms with Crippen LogP contribution in [0, 0.1) is 17.1 Å². The number of thioether (sulfide) groups is 1. The molecule has 0 saturated carbocycles. The van der Waals surface area contributed by atoms with Gasteiger partial charge in [0.1, 0.15) is 5.82 Å². The van der Waals surface area contributed by atoms with Gasteiger partial charge in [0, 0.05) is 23.1 Å². The summed E-state index contributed by atoms with van der Waals surface area (Å²) >= 11 is 7.36. The first-order valence-corrected chi connectivity index (χ1v) is 8.44. The van der Waals surface area contributed by atoms with E-state index in [9.17, 15) is 9.18 Å². The number of amides is 1. The average Bonchev–Trinajstić information content (AvgIpc) is 2.57. The predicted molar refractivity (Wildman–Crippen MR) is 91.1 cm³/mol. The Bertz CT molecular complexity index is 746. The lowest BCUT2D eigenvalue weighted by Gasteiger charge is -2.07. The zero-order valence-corrected chi connectivity index (χ0v) is 13.8. The van der Waals surface area contributed by atoms with Crippen LogP contribution in [-0.2, 0) is 5.75 Å². The molecule has 0 spiro atoms. The Labute approximate surface area is 143 Å². The fraction of sp³-hybridized carbons (Fsp3) is 0.176. The molecule has 0 bridgehead atoms. The zero-order valence-electron chi connectivity index (χ0n) is 12.2. The largest absolute Gasteiger partial charge is 0.351 e. The molecule has 3 nitrogen and oxygen atoms in total. The molecule has 2 rings (SSSR count). The maximum absolute atomic E-state index is 13.5. The molecule has 0 atom stereocenters. The van der Waals surface area contributed by atoms with Gasteiger partial charge in [0.05, 0.1) is 17.2 Å². The maximum Gasteiger partial charge on any atom is 0.254 e. The number of carbonyl (C=O) groups excluding carboxylic acids is 1. The van der Waals surface area contributed by atoms with E-state index in [4.69, 9.17) is 16.9 Å². The van der Waals surface area contributed by atoms with Crippen LogP contribution in [0.25, 0.3) is 0 Å². The lowest BCUT2D eigenvalue weighted by atomic mass is 10.1. The second-order valence-electron chi connectivity index (χ2n) is 4.70. The maximum atomic E-state index is 13.5. The van der Waals surface area contributed by atoms with Crippen molar-refractivity contribution in [3.63, 3.8) is 0 Å². The molecule has 0 aliphatic heterocycles. The Morgan fingerprint density at radius 2 is 2.09 bits per heavy atom. The minimum atomic E-state index is -0.595. The van der Waals surface area contributed by atoms with Gasteiger partial charge in [0.15, 0.2) is 0 Å². The molecule has 1 N–H and O–H groups in total. The van der Waals surface area contributed by atoms with Gasteiger partial charge in [-0.2, -0.15) is 17.0 Å². The molecule has 0 aliphatic carbocycles. The normalized spacial score (nSPS) is 10.1. The summed E-state index contributed by atoms with van der Waals surface area (Å²) < 4.78 is 13.5. The third kappa shape index (κ3) is 4.98. The van der Waals surface area contributed by atoms with Crippen molar-refractivity contribution in [1.29, 1.82) is 5.26 Å². The monoisotopic (exact) mass is 348 g/mol. The van der Waals surface area contributed by atoms with E-state index in [0.29, 0.717) is 28.6 Å². The van der Waals surface area contributed by atoms with Gasteiger partial charge in [-0.05, 0) is 29.8 Å². The molecular formula is C17H14ClFN2OS. The van der Waals surface area contributed by atoms with Gasteiger partial charge in [0.25, 0.3) is 5.91 Å². The molecule has 6 heteroatoms. The molecule has 2 aromatic rings. The molecule has 0 aliphatic rings. The van der Waals surface area contributed by atoms with Crippen LogP contribution in [0.2, 0.25) is 5.02 Å². The molecule has 2 aromatic carbocycles. The Hall–Kier alpha value is -2.03. The predicted octanol–water partition coefficient (Wildman–Crippen LogP) is 4.01. The smallest absolute Gasteiger partial charge is 0.254 e. The van der Waals surface area contributed by atoms with E-state index in [1.807, 2.05) is 18.2 Å². The van der Waals surface area contributed by atoms with E-state index in [1.165, 1.54) is 18.2 Å². The molecule has 0 aromatic heterocycles. The lowest BCUT2D eigenvalue weighted by Crippen LogP contribution is -2.26. The molecule has 0 fully saturated rings. The number of hydrogen-bond donors (Lipinski definition) is 1. The SMILES string of the molecule is N#Cc1ccccc1CSCCNC(=O)c1cc(Cl)ccc1F. The van der Waals surface area contributed by atoms with E-state index in [0.717, 1.165) is 5.56 Å². The number of benzene rings is 2. The van der Waals surface area contributed by atoms with Crippen LogP contribution in [0.4, 0.5) is 4.39 Å². The van der Waals surface area contributed by atoms with Crippen molar-refractivity contribution in [2.24, 2.45) is 0 Å². The highest BCUT2D eigenvalue weighted by Crippen LogP contribution is 2.16. The summed E-state index contributed by atoms with van der Waals surface area (Å²) in [6.07, 6.45) is 0. The minimum Gasteiger partial charge on any atom is -0.351 e. The van der Waals surface area contributed by atoms with Crippen LogP contribution in [0.3, 0.4) is 0 Å². The number of nitrogens with zero attached hydrogens (tertiary/aromatic N) is 1. The van der Waals surface area contributed by atoms with E-state index in [1.54, 1.807) is 17.8 Å². The third-order valence-electron chi connectivity index (χ3n) is 3.10. The van der Waals surface area contributed by atoms with Gasteiger partial charge < -0.3 is 5.32 Å². The van der Waals surface area contributed by atoms with Gasteiger partial charge in [-0.1, -0.05) is 29.8 Å². The summed E-state index contributed by atoms with van der Waals surface area (Å²) in [5.41, 5.74) is 1.56. The molecule has 0 unspecified atom stereocenters. The molecule has 0 heterocycles. The second-order valence-corrected chi connectivity index (χ2v) is 6.24. The number of hydrogen-bond acceptors (Lipinski definition) is 3. The molecule has 1 amide bonds. The van der Waals surface area contributed by atoms with Crippen molar-refractivity contribution < 1.29 is 9.18 Å². The fourth-order valence-corrected chi connectivity index (χ4v) is 2.98. The summed E-state index contributed by atoms with van der Waals surface area (Å²) in [6.45, 7) is 0.407. The quantitative estimate of drug-likeness (QED) is 0.802. The van der Waals surface area contributed by atoms with Gasteiger partial charge >= 0.3 is 0 Å². The first-order valence-electron chi connectivity index (χ1n) is 6.91. The standard InChI is InChI=1S/C17H14ClFN2OS/c18-14-5-6-16(19)15(9-14)17(22)21-7-8-23-11-13-4-2-1-3-12(13)10-20/h1-6,9H,7-8,11H2,(H,21,22). The van der Waals surface area contributed by atoms with Crippen LogP contribution in [0.15, 0.2) is 42.5 Å². The molecule has 0 radical (unpaired) electrons. The third-order valence-corrected chi connectivity index (χ3v) is 4.34. The van der Waals surface area contributed by atoms with E-state index >= 15 is 0 Å². The van der Waals surface area contributed by atoms with Crippen molar-refractivity contribution in [1.82, 2.24) is 5.32 Å². The first-order chi connectivity index (χ1) is 11.1. The van der Waals surface area contributed by atoms with Crippen LogP contribution >= 0.6 is 23.4 Å². The Kier molecular flexibility index (Phi) is 6.45. The summed E-state index contributed by atoms with van der Waals surface area (Å²) in [7, 11) is 0. The summed E-state index contributed by atoms with van der Waals surface area (Å²) in [5, 5.41) is 12.0.